The molecule has 134 valence electrons. The summed E-state index contributed by atoms with van der Waals surface area (Å²) in [7, 11) is 1.38. The lowest BCUT2D eigenvalue weighted by Gasteiger charge is -2.18. The maximum atomic E-state index is 13.8. The Labute approximate surface area is 148 Å². The fourth-order valence-corrected chi connectivity index (χ4v) is 3.12. The summed E-state index contributed by atoms with van der Waals surface area (Å²) in [5, 5.41) is 10.9. The van der Waals surface area contributed by atoms with Crippen molar-refractivity contribution in [3.05, 3.63) is 48.3 Å². The van der Waals surface area contributed by atoms with Crippen molar-refractivity contribution in [2.75, 3.05) is 25.1 Å². The number of aromatic nitrogens is 4. The summed E-state index contributed by atoms with van der Waals surface area (Å²) in [4.78, 5) is 18.8. The Morgan fingerprint density at radius 1 is 1.42 bits per heavy atom. The zero-order valence-corrected chi connectivity index (χ0v) is 14.1. The molecule has 0 spiro atoms. The molecule has 3 aromatic rings. The van der Waals surface area contributed by atoms with E-state index in [0.717, 1.165) is 18.8 Å². The molecule has 1 saturated heterocycles. The standard InChI is InChI=1S/C17H17FN6O2/c1-26-14-3-2-11(8-13(14)18)17(25)21-12-4-6-23(9-12)15-16-22-20-10-24(16)7-5-19-15/h2-3,5,7-8,10,12H,4,6,9H2,1H3,(H,21,25). The third-order valence-corrected chi connectivity index (χ3v) is 4.43. The fraction of sp³-hybridized carbons (Fsp3) is 0.294. The normalized spacial score (nSPS) is 16.8. The number of methoxy groups -OCH3 is 1. The molecular formula is C17H17FN6O2. The van der Waals surface area contributed by atoms with E-state index in [1.165, 1.54) is 19.2 Å². The Hall–Kier alpha value is -3.23. The van der Waals surface area contributed by atoms with Crippen LogP contribution in [0.15, 0.2) is 36.9 Å². The Morgan fingerprint density at radius 2 is 2.31 bits per heavy atom. The lowest BCUT2D eigenvalue weighted by Crippen LogP contribution is -2.37. The van der Waals surface area contributed by atoms with E-state index in [1.807, 2.05) is 0 Å². The number of hydrogen-bond acceptors (Lipinski definition) is 6. The number of carbonyl (C=O) groups excluding carboxylic acids is 1. The molecule has 9 heteroatoms. The number of halogens is 1. The second-order valence-corrected chi connectivity index (χ2v) is 6.07. The molecule has 1 fully saturated rings. The van der Waals surface area contributed by atoms with Gasteiger partial charge in [0.1, 0.15) is 6.33 Å². The number of benzene rings is 1. The van der Waals surface area contributed by atoms with E-state index in [-0.39, 0.29) is 23.3 Å². The van der Waals surface area contributed by atoms with Crippen LogP contribution in [0.1, 0.15) is 16.8 Å². The summed E-state index contributed by atoms with van der Waals surface area (Å²) in [6.45, 7) is 1.34. The summed E-state index contributed by atoms with van der Waals surface area (Å²) < 4.78 is 20.5. The number of fused-ring (bicyclic) bond motifs is 1. The highest BCUT2D eigenvalue weighted by Gasteiger charge is 2.27. The first-order chi connectivity index (χ1) is 12.7. The van der Waals surface area contributed by atoms with E-state index < -0.39 is 5.82 Å². The average Bonchev–Trinajstić information content (AvgIpc) is 3.30. The maximum Gasteiger partial charge on any atom is 0.251 e. The molecule has 2 aromatic heterocycles. The van der Waals surface area contributed by atoms with Crippen LogP contribution in [-0.2, 0) is 0 Å². The van der Waals surface area contributed by atoms with Crippen molar-refractivity contribution in [2.24, 2.45) is 0 Å². The van der Waals surface area contributed by atoms with Gasteiger partial charge in [-0.2, -0.15) is 0 Å². The van der Waals surface area contributed by atoms with E-state index in [4.69, 9.17) is 4.74 Å². The maximum absolute atomic E-state index is 13.8. The molecule has 4 rings (SSSR count). The summed E-state index contributed by atoms with van der Waals surface area (Å²) >= 11 is 0. The molecule has 26 heavy (non-hydrogen) atoms. The first-order valence-corrected chi connectivity index (χ1v) is 8.19. The molecule has 1 atom stereocenters. The molecule has 3 heterocycles. The van der Waals surface area contributed by atoms with Crippen LogP contribution in [0.4, 0.5) is 10.2 Å². The SMILES string of the molecule is COc1ccc(C(=O)NC2CCN(c3nccn4cnnc34)C2)cc1F. The number of hydrogen-bond donors (Lipinski definition) is 1. The Bertz CT molecular complexity index is 959. The molecule has 1 aliphatic heterocycles. The van der Waals surface area contributed by atoms with Crippen LogP contribution in [0, 0.1) is 5.82 Å². The van der Waals surface area contributed by atoms with Crippen LogP contribution in [0.5, 0.6) is 5.75 Å². The number of anilines is 1. The zero-order chi connectivity index (χ0) is 18.1. The predicted molar refractivity (Wildman–Crippen MR) is 91.8 cm³/mol. The third kappa shape index (κ3) is 2.92. The van der Waals surface area contributed by atoms with Gasteiger partial charge in [-0.15, -0.1) is 10.2 Å². The second kappa shape index (κ2) is 6.58. The van der Waals surface area contributed by atoms with Crippen molar-refractivity contribution < 1.29 is 13.9 Å². The van der Waals surface area contributed by atoms with Crippen LogP contribution in [0.25, 0.3) is 5.65 Å². The molecule has 1 N–H and O–H groups in total. The van der Waals surface area contributed by atoms with E-state index in [2.05, 4.69) is 25.4 Å². The van der Waals surface area contributed by atoms with E-state index in [9.17, 15) is 9.18 Å². The predicted octanol–water partition coefficient (Wildman–Crippen LogP) is 1.28. The lowest BCUT2D eigenvalue weighted by atomic mass is 10.1. The molecule has 1 aliphatic rings. The summed E-state index contributed by atoms with van der Waals surface area (Å²) in [6.07, 6.45) is 5.86. The van der Waals surface area contributed by atoms with E-state index in [1.54, 1.807) is 29.2 Å². The Balaban J connectivity index is 1.45. The first-order valence-electron chi connectivity index (χ1n) is 8.19. The molecule has 8 nitrogen and oxygen atoms in total. The smallest absolute Gasteiger partial charge is 0.251 e. The minimum atomic E-state index is -0.559. The minimum absolute atomic E-state index is 0.0577. The molecule has 1 unspecified atom stereocenters. The molecule has 1 amide bonds. The van der Waals surface area contributed by atoms with Gasteiger partial charge in [-0.1, -0.05) is 0 Å². The van der Waals surface area contributed by atoms with Gasteiger partial charge in [0.25, 0.3) is 5.91 Å². The van der Waals surface area contributed by atoms with Gasteiger partial charge < -0.3 is 15.0 Å². The van der Waals surface area contributed by atoms with Crippen molar-refractivity contribution in [3.63, 3.8) is 0 Å². The van der Waals surface area contributed by atoms with Crippen LogP contribution in [0.3, 0.4) is 0 Å². The minimum Gasteiger partial charge on any atom is -0.494 e. The summed E-state index contributed by atoms with van der Waals surface area (Å²) in [5.74, 6) is -0.0266. The van der Waals surface area contributed by atoms with Gasteiger partial charge in [0.15, 0.2) is 17.4 Å². The molecular weight excluding hydrogens is 339 g/mol. The molecule has 0 saturated carbocycles. The Kier molecular flexibility index (Phi) is 4.11. The van der Waals surface area contributed by atoms with Crippen molar-refractivity contribution in [2.45, 2.75) is 12.5 Å². The van der Waals surface area contributed by atoms with Crippen LogP contribution >= 0.6 is 0 Å². The lowest BCUT2D eigenvalue weighted by molar-refractivity contribution is 0.0940. The van der Waals surface area contributed by atoms with Crippen molar-refractivity contribution >= 4 is 17.4 Å². The van der Waals surface area contributed by atoms with Crippen molar-refractivity contribution in [3.8, 4) is 5.75 Å². The second-order valence-electron chi connectivity index (χ2n) is 6.07. The van der Waals surface area contributed by atoms with Crippen molar-refractivity contribution in [1.29, 1.82) is 0 Å². The number of ether oxygens (including phenoxy) is 1. The zero-order valence-electron chi connectivity index (χ0n) is 14.1. The largest absolute Gasteiger partial charge is 0.494 e. The summed E-state index contributed by atoms with van der Waals surface area (Å²) in [6, 6.07) is 4.11. The monoisotopic (exact) mass is 356 g/mol. The topological polar surface area (TPSA) is 84.7 Å². The van der Waals surface area contributed by atoms with Gasteiger partial charge in [0, 0.05) is 37.1 Å². The first kappa shape index (κ1) is 16.2. The molecule has 1 aromatic carbocycles. The highest BCUT2D eigenvalue weighted by atomic mass is 19.1. The molecule has 0 bridgehead atoms. The number of rotatable bonds is 4. The van der Waals surface area contributed by atoms with Gasteiger partial charge in [0.2, 0.25) is 5.65 Å². The van der Waals surface area contributed by atoms with Crippen LogP contribution in [-0.4, -0.2) is 51.7 Å². The average molecular weight is 356 g/mol. The van der Waals surface area contributed by atoms with Gasteiger partial charge in [-0.3, -0.25) is 9.20 Å². The fourth-order valence-electron chi connectivity index (χ4n) is 3.12. The third-order valence-electron chi connectivity index (χ3n) is 4.43. The molecule has 0 radical (unpaired) electrons. The quantitative estimate of drug-likeness (QED) is 0.758. The number of nitrogens with zero attached hydrogens (tertiary/aromatic N) is 5. The number of amides is 1. The highest BCUT2D eigenvalue weighted by Crippen LogP contribution is 2.22. The van der Waals surface area contributed by atoms with E-state index in [0.29, 0.717) is 12.2 Å². The Morgan fingerprint density at radius 3 is 3.12 bits per heavy atom. The number of carbonyl (C=O) groups is 1. The van der Waals surface area contributed by atoms with E-state index >= 15 is 0 Å². The van der Waals surface area contributed by atoms with Gasteiger partial charge >= 0.3 is 0 Å². The van der Waals surface area contributed by atoms with Crippen LogP contribution in [0.2, 0.25) is 0 Å². The van der Waals surface area contributed by atoms with Gasteiger partial charge in [0.05, 0.1) is 7.11 Å². The van der Waals surface area contributed by atoms with Gasteiger partial charge in [-0.25, -0.2) is 9.37 Å². The number of nitrogens with one attached hydrogen (secondary N) is 1. The van der Waals surface area contributed by atoms with Crippen molar-refractivity contribution in [1.82, 2.24) is 24.9 Å². The molecule has 0 aliphatic carbocycles. The summed E-state index contributed by atoms with van der Waals surface area (Å²) in [5.41, 5.74) is 0.941. The highest BCUT2D eigenvalue weighted by molar-refractivity contribution is 5.94. The van der Waals surface area contributed by atoms with Gasteiger partial charge in [-0.05, 0) is 24.6 Å². The van der Waals surface area contributed by atoms with Crippen LogP contribution < -0.4 is 15.0 Å².